The molecule has 12 aromatic heterocycles. The number of para-hydroxylation sites is 9. The summed E-state index contributed by atoms with van der Waals surface area (Å²) in [6.45, 7) is 7.84. The van der Waals surface area contributed by atoms with Crippen LogP contribution in [0.4, 0.5) is 5.95 Å². The van der Waals surface area contributed by atoms with Crippen LogP contribution in [0.1, 0.15) is 0 Å². The molecule has 0 aliphatic heterocycles. The third-order valence-corrected chi connectivity index (χ3v) is 30.6. The topological polar surface area (TPSA) is 110 Å². The van der Waals surface area contributed by atoms with Gasteiger partial charge in [0.15, 0.2) is 0 Å². The average Bonchev–Trinajstić information content (AvgIpc) is 1.52. The predicted molar refractivity (Wildman–Crippen MR) is 571 cm³/mol. The van der Waals surface area contributed by atoms with Gasteiger partial charge in [0.25, 0.3) is 0 Å². The van der Waals surface area contributed by atoms with Crippen LogP contribution in [-0.2, 0) is 0 Å². The van der Waals surface area contributed by atoms with Crippen molar-refractivity contribution in [3.05, 3.63) is 406 Å². The molecule has 35 rings (SSSR count). The van der Waals surface area contributed by atoms with Gasteiger partial charge >= 0.3 is 5.95 Å². The van der Waals surface area contributed by atoms with Crippen LogP contribution in [-0.4, -0.2) is 56.8 Å². The van der Waals surface area contributed by atoms with Crippen LogP contribution in [0.15, 0.2) is 395 Å². The number of hydrogen-bond acceptors (Lipinski definition) is 6. The lowest BCUT2D eigenvalue weighted by Gasteiger charge is -2.15. The Labute approximate surface area is 781 Å². The van der Waals surface area contributed by atoms with E-state index >= 15 is 0 Å². The Bertz CT molecular complexity index is 11400. The molecule has 0 radical (unpaired) electrons. The van der Waals surface area contributed by atoms with Gasteiger partial charge in [-0.15, -0.1) is 16.5 Å². The second-order valence-electron chi connectivity index (χ2n) is 37.2. The zero-order valence-electron chi connectivity index (χ0n) is 73.3. The van der Waals surface area contributed by atoms with Gasteiger partial charge in [-0.3, -0.25) is 14.5 Å². The van der Waals surface area contributed by atoms with E-state index in [9.17, 15) is 0 Å². The highest BCUT2D eigenvalue weighted by atomic mass is 15.1. The van der Waals surface area contributed by atoms with Crippen molar-refractivity contribution in [2.45, 2.75) is 0 Å². The van der Waals surface area contributed by atoms with Crippen LogP contribution in [0.3, 0.4) is 0 Å². The van der Waals surface area contributed by atoms with E-state index in [1.807, 2.05) is 30.3 Å². The van der Waals surface area contributed by atoms with Crippen molar-refractivity contribution in [3.63, 3.8) is 0 Å². The molecule has 0 saturated carbocycles. The number of fused-ring (bicyclic) bond motifs is 44. The van der Waals surface area contributed by atoms with Gasteiger partial charge in [0.2, 0.25) is 5.82 Å². The Morgan fingerprint density at radius 1 is 0.196 bits per heavy atom. The SMILES string of the molecule is [C-]#[N+]c1nc(-n2c3c4ccccc4ccc3c3cc4c5ccccc5n5c6ccccc6c(c32)c45)c2ccccc2n1.c1ccc2c(c1)ccc1c3cc4c5ccccc5n5c6ccccc6c(c3n(-c3ccc6c7c(cccc37)-c3nc7ccccc7nc3-6)c21)c45.c1ccc2c(c1)ccc1c3cc4c5ccccc5n5c6ccccc6c(c3n(-c3ccc6c7c(cccc37)-c3nccnc3-6)c21)c45. The van der Waals surface area contributed by atoms with Crippen molar-refractivity contribution < 1.29 is 0 Å². The van der Waals surface area contributed by atoms with Crippen molar-refractivity contribution >= 4 is 261 Å². The molecule has 630 valence electrons. The van der Waals surface area contributed by atoms with Crippen LogP contribution in [0.5, 0.6) is 0 Å². The molecule has 0 N–H and O–H groups in total. The van der Waals surface area contributed by atoms with Gasteiger partial charge in [-0.25, -0.2) is 9.97 Å². The van der Waals surface area contributed by atoms with E-state index in [2.05, 4.69) is 389 Å². The highest BCUT2D eigenvalue weighted by Gasteiger charge is 2.35. The van der Waals surface area contributed by atoms with E-state index in [0.717, 1.165) is 100.0 Å². The van der Waals surface area contributed by atoms with Gasteiger partial charge in [-0.05, 0) is 119 Å². The summed E-state index contributed by atoms with van der Waals surface area (Å²) in [5.41, 5.74) is 31.7. The van der Waals surface area contributed by atoms with E-state index in [-0.39, 0.29) is 5.95 Å². The van der Waals surface area contributed by atoms with E-state index in [1.54, 1.807) is 12.4 Å². The average molecular weight is 1750 g/mol. The third kappa shape index (κ3) is 9.09. The molecule has 13 nitrogen and oxygen atoms in total. The van der Waals surface area contributed by atoms with Crippen molar-refractivity contribution in [1.29, 1.82) is 0 Å². The summed E-state index contributed by atoms with van der Waals surface area (Å²) >= 11 is 0. The number of aromatic nitrogens is 12. The van der Waals surface area contributed by atoms with Gasteiger partial charge < -0.3 is 27.2 Å². The first-order valence-electron chi connectivity index (χ1n) is 46.9. The summed E-state index contributed by atoms with van der Waals surface area (Å²) in [6.07, 6.45) is 3.60. The van der Waals surface area contributed by atoms with Crippen molar-refractivity contribution in [1.82, 2.24) is 56.8 Å². The van der Waals surface area contributed by atoms with Crippen molar-refractivity contribution in [2.75, 3.05) is 0 Å². The minimum absolute atomic E-state index is 0.144. The van der Waals surface area contributed by atoms with Crippen LogP contribution in [0.25, 0.3) is 323 Å². The molecule has 0 spiro atoms. The van der Waals surface area contributed by atoms with E-state index in [4.69, 9.17) is 31.5 Å². The summed E-state index contributed by atoms with van der Waals surface area (Å²) in [4.78, 5) is 33.1. The molecule has 0 amide bonds. The molecule has 138 heavy (non-hydrogen) atoms. The molecule has 0 fully saturated rings. The molecule has 2 aliphatic carbocycles. The minimum atomic E-state index is 0.144. The zero-order chi connectivity index (χ0) is 89.4. The monoisotopic (exact) mass is 1750 g/mol. The Balaban J connectivity index is 0.0000000928. The van der Waals surface area contributed by atoms with Crippen LogP contribution in [0.2, 0.25) is 0 Å². The lowest BCUT2D eigenvalue weighted by Crippen LogP contribution is -2.01. The van der Waals surface area contributed by atoms with E-state index in [1.165, 1.54) is 218 Å². The maximum atomic E-state index is 7.84. The normalized spacial score (nSPS) is 12.6. The highest BCUT2D eigenvalue weighted by Crippen LogP contribution is 2.57. The molecular formula is C125H65N13. The van der Waals surface area contributed by atoms with Gasteiger partial charge in [0, 0.05) is 169 Å². The fourth-order valence-corrected chi connectivity index (χ4v) is 25.3. The first-order valence-corrected chi connectivity index (χ1v) is 46.9. The van der Waals surface area contributed by atoms with E-state index in [0.29, 0.717) is 0 Å². The minimum Gasteiger partial charge on any atom is -0.394 e. The van der Waals surface area contributed by atoms with Crippen LogP contribution in [0, 0.1) is 6.57 Å². The van der Waals surface area contributed by atoms with Crippen LogP contribution >= 0.6 is 0 Å². The van der Waals surface area contributed by atoms with Crippen molar-refractivity contribution in [2.24, 2.45) is 0 Å². The quantitative estimate of drug-likeness (QED) is 0.163. The standard InChI is InChI=1S/C46H24N4.C42H22N4.C37H19N5/c1-2-11-26-25(10-1)20-21-28-34-24-33-27-12-3-7-18-37(27)49-38-19-8-4-13-30(38)41(45(33)49)46(34)50(44(26)28)39-23-22-32-40-29(39)14-9-15-31(40)42-43(32)48-36-17-6-5-16-35(36)47-42;1-2-9-24-23(8-1)16-17-26-32-22-31-25-10-3-5-14-33(25)45-34-15-6-4-11-28(34)37(41(31)45)42(32)46(40(24)26)35-19-18-30-36-27(35)12-7-13-29(36)38-39(30)44-21-20-43-38;1-38-37-39-29-15-7-4-13-25(29)36(40-37)42-33-22-11-3-2-10-21(22)18-19-24(33)28-20-27-23-12-5-8-16-30(23)41-31-17-9-6-14-26(31)32(34(27)41)35(28)42/h1-24H;1-22H;2-20H. The maximum absolute atomic E-state index is 7.84. The van der Waals surface area contributed by atoms with Crippen LogP contribution < -0.4 is 0 Å². The summed E-state index contributed by atoms with van der Waals surface area (Å²) in [5, 5.41) is 35.7. The number of rotatable bonds is 3. The molecule has 12 heterocycles. The van der Waals surface area contributed by atoms with Gasteiger partial charge in [0.1, 0.15) is 5.52 Å². The molecule has 0 atom stereocenters. The molecule has 13 heteroatoms. The second-order valence-corrected chi connectivity index (χ2v) is 37.2. The summed E-state index contributed by atoms with van der Waals surface area (Å²) in [7, 11) is 0. The number of nitrogens with zero attached hydrogens (tertiary/aromatic N) is 13. The molecule has 0 unspecified atom stereocenters. The van der Waals surface area contributed by atoms with Gasteiger partial charge in [-0.1, -0.05) is 279 Å². The smallest absolute Gasteiger partial charge is 0.374 e. The predicted octanol–water partition coefficient (Wildman–Crippen LogP) is 32.1. The highest BCUT2D eigenvalue weighted by molar-refractivity contribution is 6.40. The lowest BCUT2D eigenvalue weighted by molar-refractivity contribution is 1.09. The fraction of sp³-hybridized carbons (Fsp3) is 0. The first-order chi connectivity index (χ1) is 68.5. The third-order valence-electron chi connectivity index (χ3n) is 30.6. The molecule has 21 aromatic carbocycles. The zero-order valence-corrected chi connectivity index (χ0v) is 73.3. The number of hydrogen-bond donors (Lipinski definition) is 0. The summed E-state index contributed by atoms with van der Waals surface area (Å²) < 4.78 is 14.8. The van der Waals surface area contributed by atoms with Gasteiger partial charge in [-0.2, -0.15) is 0 Å². The molecule has 0 saturated heterocycles. The molecule has 33 aromatic rings. The molecular weight excluding hydrogens is 1680 g/mol. The Kier molecular flexibility index (Phi) is 13.8. The summed E-state index contributed by atoms with van der Waals surface area (Å²) in [5.74, 6) is 0.872. The van der Waals surface area contributed by atoms with Gasteiger partial charge in [0.05, 0.1) is 133 Å². The first kappa shape index (κ1) is 72.6. The largest absolute Gasteiger partial charge is 0.394 e. The Hall–Kier alpha value is -19.0. The number of benzene rings is 21. The lowest BCUT2D eigenvalue weighted by atomic mass is 10.0. The molecule has 2 aliphatic rings. The Morgan fingerprint density at radius 2 is 0.507 bits per heavy atom. The van der Waals surface area contributed by atoms with E-state index < -0.39 is 0 Å². The van der Waals surface area contributed by atoms with Crippen molar-refractivity contribution in [3.8, 4) is 62.2 Å². The fourth-order valence-electron chi connectivity index (χ4n) is 25.3. The summed E-state index contributed by atoms with van der Waals surface area (Å²) in [6, 6.07) is 139. The maximum Gasteiger partial charge on any atom is 0.374 e. The second kappa shape index (κ2) is 26.2. The Morgan fingerprint density at radius 3 is 0.920 bits per heavy atom. The molecule has 0 bridgehead atoms.